The number of amides is 4. The molecule has 1 aromatic heterocycles. The molecular weight excluding hydrogens is 438 g/mol. The van der Waals surface area contributed by atoms with Crippen LogP contribution in [0.5, 0.6) is 11.5 Å². The van der Waals surface area contributed by atoms with E-state index in [9.17, 15) is 14.4 Å². The first-order chi connectivity index (χ1) is 16.5. The number of hydrogen-bond donors (Lipinski definition) is 1. The van der Waals surface area contributed by atoms with Crippen molar-refractivity contribution in [2.75, 3.05) is 23.9 Å². The number of ether oxygens (including phenoxy) is 2. The number of anilines is 2. The molecule has 1 aliphatic heterocycles. The largest absolute Gasteiger partial charge is 0.497 e. The zero-order chi connectivity index (χ0) is 24.1. The molecule has 9 nitrogen and oxygen atoms in total. The normalized spacial score (nSPS) is 15.5. The van der Waals surface area contributed by atoms with Crippen molar-refractivity contribution in [2.45, 2.75) is 25.9 Å². The molecule has 2 aromatic carbocycles. The lowest BCUT2D eigenvalue weighted by Gasteiger charge is -2.20. The van der Waals surface area contributed by atoms with Crippen molar-refractivity contribution >= 4 is 29.2 Å². The molecule has 3 aromatic rings. The molecule has 1 saturated heterocycles. The van der Waals surface area contributed by atoms with Crippen molar-refractivity contribution in [1.82, 2.24) is 4.90 Å². The maximum atomic E-state index is 13.3. The Bertz CT molecular complexity index is 1140. The Morgan fingerprint density at radius 2 is 1.74 bits per heavy atom. The summed E-state index contributed by atoms with van der Waals surface area (Å²) in [7, 11) is 1.53. The molecule has 0 aliphatic carbocycles. The molecule has 34 heavy (non-hydrogen) atoms. The van der Waals surface area contributed by atoms with Gasteiger partial charge in [0.2, 0.25) is 5.91 Å². The average Bonchev–Trinajstić information content (AvgIpc) is 3.43. The number of benzene rings is 2. The summed E-state index contributed by atoms with van der Waals surface area (Å²) in [6, 6.07) is 15.4. The van der Waals surface area contributed by atoms with Gasteiger partial charge in [-0.3, -0.25) is 9.59 Å². The van der Waals surface area contributed by atoms with Crippen molar-refractivity contribution in [1.29, 1.82) is 0 Å². The molecule has 0 spiro atoms. The van der Waals surface area contributed by atoms with E-state index < -0.39 is 23.9 Å². The fourth-order valence-electron chi connectivity index (χ4n) is 3.74. The van der Waals surface area contributed by atoms with Crippen LogP contribution in [0.15, 0.2) is 71.3 Å². The minimum atomic E-state index is -0.984. The fourth-order valence-corrected chi connectivity index (χ4v) is 3.74. The summed E-state index contributed by atoms with van der Waals surface area (Å²) in [6.45, 7) is 2.49. The summed E-state index contributed by atoms with van der Waals surface area (Å²) in [4.78, 5) is 41.8. The first-order valence-electron chi connectivity index (χ1n) is 10.8. The van der Waals surface area contributed by atoms with Gasteiger partial charge in [-0.05, 0) is 67.6 Å². The van der Waals surface area contributed by atoms with Gasteiger partial charge in [0.15, 0.2) is 0 Å². The van der Waals surface area contributed by atoms with Crippen molar-refractivity contribution in [3.63, 3.8) is 0 Å². The van der Waals surface area contributed by atoms with Gasteiger partial charge < -0.3 is 24.1 Å². The molecule has 0 saturated carbocycles. The maximum absolute atomic E-state index is 13.3. The van der Waals surface area contributed by atoms with E-state index in [0.717, 1.165) is 4.90 Å². The standard InChI is InChI=1S/C25H25N3O6/c1-3-33-20-10-6-17(7-11-20)26-23(29)15-22-24(30)28(18-8-12-19(32-2)13-9-18)25(31)27(22)16-21-5-4-14-34-21/h4-14,22H,3,15-16H2,1-2H3,(H,26,29). The summed E-state index contributed by atoms with van der Waals surface area (Å²) >= 11 is 0. The van der Waals surface area contributed by atoms with Crippen LogP contribution >= 0.6 is 0 Å². The van der Waals surface area contributed by atoms with Crippen LogP contribution < -0.4 is 19.7 Å². The molecule has 0 radical (unpaired) electrons. The minimum Gasteiger partial charge on any atom is -0.497 e. The maximum Gasteiger partial charge on any atom is 0.332 e. The van der Waals surface area contributed by atoms with Gasteiger partial charge in [-0.1, -0.05) is 0 Å². The molecule has 9 heteroatoms. The summed E-state index contributed by atoms with van der Waals surface area (Å²) in [5.41, 5.74) is 0.962. The summed E-state index contributed by atoms with van der Waals surface area (Å²) < 4.78 is 15.9. The third kappa shape index (κ3) is 4.88. The van der Waals surface area contributed by atoms with E-state index in [1.807, 2.05) is 6.92 Å². The van der Waals surface area contributed by atoms with Gasteiger partial charge in [-0.25, -0.2) is 9.69 Å². The highest BCUT2D eigenvalue weighted by Gasteiger charge is 2.47. The third-order valence-electron chi connectivity index (χ3n) is 5.38. The van der Waals surface area contributed by atoms with Gasteiger partial charge in [0.25, 0.3) is 5.91 Å². The monoisotopic (exact) mass is 463 g/mol. The van der Waals surface area contributed by atoms with Crippen molar-refractivity contribution in [3.05, 3.63) is 72.7 Å². The van der Waals surface area contributed by atoms with Crippen LogP contribution in [0.1, 0.15) is 19.1 Å². The molecule has 0 bridgehead atoms. The Kier molecular flexibility index (Phi) is 6.82. The Balaban J connectivity index is 1.53. The smallest absolute Gasteiger partial charge is 0.332 e. The summed E-state index contributed by atoms with van der Waals surface area (Å²) in [5.74, 6) is 0.924. The van der Waals surface area contributed by atoms with E-state index in [2.05, 4.69) is 5.32 Å². The molecule has 1 unspecified atom stereocenters. The third-order valence-corrected chi connectivity index (χ3v) is 5.38. The summed E-state index contributed by atoms with van der Waals surface area (Å²) in [6.07, 6.45) is 1.29. The number of urea groups is 1. The van der Waals surface area contributed by atoms with Crippen LogP contribution in [0.25, 0.3) is 0 Å². The molecule has 1 aliphatic rings. The zero-order valence-electron chi connectivity index (χ0n) is 18.9. The van der Waals surface area contributed by atoms with E-state index in [1.54, 1.807) is 60.7 Å². The SMILES string of the molecule is CCOc1ccc(NC(=O)CC2C(=O)N(c3ccc(OC)cc3)C(=O)N2Cc2ccco2)cc1. The van der Waals surface area contributed by atoms with Crippen LogP contribution in [0, 0.1) is 0 Å². The number of imide groups is 1. The molecule has 1 fully saturated rings. The summed E-state index contributed by atoms with van der Waals surface area (Å²) in [5, 5.41) is 2.78. The Labute approximate surface area is 196 Å². The quantitative estimate of drug-likeness (QED) is 0.481. The fraction of sp³-hybridized carbons (Fsp3) is 0.240. The average molecular weight is 463 g/mol. The topological polar surface area (TPSA) is 101 Å². The Hall–Kier alpha value is -4.27. The predicted octanol–water partition coefficient (Wildman–Crippen LogP) is 4.05. The number of rotatable bonds is 9. The van der Waals surface area contributed by atoms with Gasteiger partial charge in [0.05, 0.1) is 38.6 Å². The number of hydrogen-bond acceptors (Lipinski definition) is 6. The molecule has 4 rings (SSSR count). The van der Waals surface area contributed by atoms with Gasteiger partial charge in [-0.15, -0.1) is 0 Å². The number of nitrogens with one attached hydrogen (secondary N) is 1. The highest BCUT2D eigenvalue weighted by molar-refractivity contribution is 6.22. The number of carbonyl (C=O) groups is 3. The molecule has 2 heterocycles. The second kappa shape index (κ2) is 10.1. The van der Waals surface area contributed by atoms with E-state index in [1.165, 1.54) is 18.3 Å². The van der Waals surface area contributed by atoms with Crippen molar-refractivity contribution in [3.8, 4) is 11.5 Å². The van der Waals surface area contributed by atoms with E-state index in [4.69, 9.17) is 13.9 Å². The van der Waals surface area contributed by atoms with Crippen LogP contribution in [-0.2, 0) is 16.1 Å². The first-order valence-corrected chi connectivity index (χ1v) is 10.8. The number of furan rings is 1. The van der Waals surface area contributed by atoms with Crippen LogP contribution in [0.2, 0.25) is 0 Å². The second-order valence-electron chi connectivity index (χ2n) is 7.59. The molecule has 4 amide bonds. The van der Waals surface area contributed by atoms with Gasteiger partial charge in [-0.2, -0.15) is 0 Å². The van der Waals surface area contributed by atoms with Crippen LogP contribution in [-0.4, -0.2) is 42.5 Å². The lowest BCUT2D eigenvalue weighted by molar-refractivity contribution is -0.124. The number of carbonyl (C=O) groups excluding carboxylic acids is 3. The van der Waals surface area contributed by atoms with Gasteiger partial charge in [0, 0.05) is 5.69 Å². The van der Waals surface area contributed by atoms with Crippen LogP contribution in [0.3, 0.4) is 0 Å². The van der Waals surface area contributed by atoms with Crippen molar-refractivity contribution < 1.29 is 28.3 Å². The molecule has 176 valence electrons. The highest BCUT2D eigenvalue weighted by atomic mass is 16.5. The van der Waals surface area contributed by atoms with Crippen LogP contribution in [0.4, 0.5) is 16.2 Å². The number of nitrogens with zero attached hydrogens (tertiary/aromatic N) is 2. The first kappa shape index (κ1) is 22.9. The lowest BCUT2D eigenvalue weighted by atomic mass is 10.1. The van der Waals surface area contributed by atoms with E-state index >= 15 is 0 Å². The lowest BCUT2D eigenvalue weighted by Crippen LogP contribution is -2.37. The number of methoxy groups -OCH3 is 1. The second-order valence-corrected chi connectivity index (χ2v) is 7.59. The minimum absolute atomic E-state index is 0.0607. The Morgan fingerprint density at radius 1 is 1.03 bits per heavy atom. The van der Waals surface area contributed by atoms with E-state index in [0.29, 0.717) is 35.2 Å². The zero-order valence-corrected chi connectivity index (χ0v) is 18.9. The highest BCUT2D eigenvalue weighted by Crippen LogP contribution is 2.30. The molecule has 1 atom stereocenters. The molecule has 1 N–H and O–H groups in total. The predicted molar refractivity (Wildman–Crippen MR) is 125 cm³/mol. The van der Waals surface area contributed by atoms with Gasteiger partial charge >= 0.3 is 6.03 Å². The Morgan fingerprint density at radius 3 is 2.35 bits per heavy atom. The van der Waals surface area contributed by atoms with Gasteiger partial charge in [0.1, 0.15) is 23.3 Å². The van der Waals surface area contributed by atoms with Crippen molar-refractivity contribution in [2.24, 2.45) is 0 Å². The van der Waals surface area contributed by atoms with E-state index in [-0.39, 0.29) is 13.0 Å². The molecular formula is C25H25N3O6.